The summed E-state index contributed by atoms with van der Waals surface area (Å²) < 4.78 is 8.06. The van der Waals surface area contributed by atoms with Gasteiger partial charge in [0.15, 0.2) is 0 Å². The van der Waals surface area contributed by atoms with Gasteiger partial charge in [0, 0.05) is 30.3 Å². The van der Waals surface area contributed by atoms with Crippen molar-refractivity contribution in [2.45, 2.75) is 0 Å². The lowest BCUT2D eigenvalue weighted by atomic mass is 10.1. The van der Waals surface area contributed by atoms with Crippen LogP contribution in [0.25, 0.3) is 22.2 Å². The molecule has 3 nitrogen and oxygen atoms in total. The predicted octanol–water partition coefficient (Wildman–Crippen LogP) is 5.03. The molecule has 0 N–H and O–H groups in total. The van der Waals surface area contributed by atoms with E-state index in [0.717, 1.165) is 27.9 Å². The molecule has 2 aromatic heterocycles. The van der Waals surface area contributed by atoms with E-state index >= 15 is 0 Å². The fourth-order valence-electron chi connectivity index (χ4n) is 2.70. The van der Waals surface area contributed by atoms with Crippen LogP contribution in [0.1, 0.15) is 0 Å². The van der Waals surface area contributed by atoms with Crippen LogP contribution in [0.15, 0.2) is 79.0 Å². The molecule has 0 radical (unpaired) electrons. The van der Waals surface area contributed by atoms with Gasteiger partial charge in [0.25, 0.3) is 0 Å². The zero-order valence-electron chi connectivity index (χ0n) is 12.8. The number of ether oxygens (including phenoxy) is 1. The second-order valence-electron chi connectivity index (χ2n) is 5.45. The van der Waals surface area contributed by atoms with E-state index in [1.54, 1.807) is 0 Å². The number of fused-ring (bicyclic) bond motifs is 1. The second kappa shape index (κ2) is 5.61. The SMILES string of the molecule is Cn1ccc2ccc(Oc3ccccc3-c3ccccc3)nc21. The summed E-state index contributed by atoms with van der Waals surface area (Å²) in [6, 6.07) is 24.2. The summed E-state index contributed by atoms with van der Waals surface area (Å²) >= 11 is 0. The Kier molecular flexibility index (Phi) is 3.31. The average Bonchev–Trinajstić information content (AvgIpc) is 2.97. The molecular weight excluding hydrogens is 284 g/mol. The normalized spacial score (nSPS) is 10.8. The zero-order chi connectivity index (χ0) is 15.6. The summed E-state index contributed by atoms with van der Waals surface area (Å²) in [5, 5.41) is 1.11. The third-order valence-corrected chi connectivity index (χ3v) is 3.88. The van der Waals surface area contributed by atoms with Crippen LogP contribution in [0.5, 0.6) is 11.6 Å². The minimum absolute atomic E-state index is 0.600. The molecule has 0 atom stereocenters. The first-order chi connectivity index (χ1) is 11.3. The van der Waals surface area contributed by atoms with E-state index in [4.69, 9.17) is 4.74 Å². The summed E-state index contributed by atoms with van der Waals surface area (Å²) in [7, 11) is 1.98. The Hall–Kier alpha value is -3.07. The van der Waals surface area contributed by atoms with Crippen molar-refractivity contribution in [2.24, 2.45) is 7.05 Å². The van der Waals surface area contributed by atoms with Gasteiger partial charge in [-0.3, -0.25) is 0 Å². The first kappa shape index (κ1) is 13.6. The molecule has 0 spiro atoms. The van der Waals surface area contributed by atoms with Gasteiger partial charge < -0.3 is 9.30 Å². The number of pyridine rings is 1. The van der Waals surface area contributed by atoms with E-state index in [-0.39, 0.29) is 0 Å². The molecule has 0 unspecified atom stereocenters. The lowest BCUT2D eigenvalue weighted by molar-refractivity contribution is 0.466. The van der Waals surface area contributed by atoms with Crippen molar-refractivity contribution in [1.82, 2.24) is 9.55 Å². The van der Waals surface area contributed by atoms with Gasteiger partial charge in [0.1, 0.15) is 11.4 Å². The highest BCUT2D eigenvalue weighted by Gasteiger charge is 2.08. The number of aryl methyl sites for hydroxylation is 1. The predicted molar refractivity (Wildman–Crippen MR) is 92.7 cm³/mol. The standard InChI is InChI=1S/C20H16N2O/c1-22-14-13-16-11-12-19(21-20(16)22)23-18-10-6-5-9-17(18)15-7-3-2-4-8-15/h2-14H,1H3. The molecule has 23 heavy (non-hydrogen) atoms. The second-order valence-corrected chi connectivity index (χ2v) is 5.45. The maximum Gasteiger partial charge on any atom is 0.221 e. The molecule has 2 aromatic carbocycles. The van der Waals surface area contributed by atoms with E-state index < -0.39 is 0 Å². The van der Waals surface area contributed by atoms with Crippen LogP contribution in [0.3, 0.4) is 0 Å². The molecule has 2 heterocycles. The van der Waals surface area contributed by atoms with Crippen molar-refractivity contribution in [2.75, 3.05) is 0 Å². The van der Waals surface area contributed by atoms with Gasteiger partial charge in [-0.25, -0.2) is 0 Å². The molecule has 0 bridgehead atoms. The molecule has 3 heteroatoms. The van der Waals surface area contributed by atoms with E-state index in [0.29, 0.717) is 5.88 Å². The van der Waals surface area contributed by atoms with Gasteiger partial charge in [-0.1, -0.05) is 48.5 Å². The zero-order valence-corrected chi connectivity index (χ0v) is 12.8. The van der Waals surface area contributed by atoms with Crippen molar-refractivity contribution in [3.63, 3.8) is 0 Å². The summed E-state index contributed by atoms with van der Waals surface area (Å²) in [6.07, 6.45) is 2.00. The van der Waals surface area contributed by atoms with Crippen LogP contribution < -0.4 is 4.74 Å². The molecule has 0 saturated carbocycles. The number of benzene rings is 2. The number of aromatic nitrogens is 2. The lowest BCUT2D eigenvalue weighted by Crippen LogP contribution is -1.93. The van der Waals surface area contributed by atoms with Crippen molar-refractivity contribution in [3.8, 4) is 22.8 Å². The van der Waals surface area contributed by atoms with Gasteiger partial charge in [-0.2, -0.15) is 4.98 Å². The molecular formula is C20H16N2O. The maximum atomic E-state index is 6.07. The smallest absolute Gasteiger partial charge is 0.221 e. The fraction of sp³-hybridized carbons (Fsp3) is 0.0500. The molecule has 0 aliphatic rings. The van der Waals surface area contributed by atoms with Crippen LogP contribution in [0, 0.1) is 0 Å². The first-order valence-electron chi connectivity index (χ1n) is 7.56. The summed E-state index contributed by atoms with van der Waals surface area (Å²) in [6.45, 7) is 0. The van der Waals surface area contributed by atoms with Crippen molar-refractivity contribution in [1.29, 1.82) is 0 Å². The molecule has 4 rings (SSSR count). The van der Waals surface area contributed by atoms with Crippen LogP contribution in [-0.4, -0.2) is 9.55 Å². The minimum atomic E-state index is 0.600. The van der Waals surface area contributed by atoms with Crippen LogP contribution in [0.4, 0.5) is 0 Å². The Morgan fingerprint density at radius 2 is 1.61 bits per heavy atom. The highest BCUT2D eigenvalue weighted by molar-refractivity contribution is 5.77. The van der Waals surface area contributed by atoms with Gasteiger partial charge >= 0.3 is 0 Å². The van der Waals surface area contributed by atoms with E-state index in [1.807, 2.05) is 72.4 Å². The topological polar surface area (TPSA) is 27.1 Å². The van der Waals surface area contributed by atoms with Gasteiger partial charge in [0.05, 0.1) is 0 Å². The van der Waals surface area contributed by atoms with E-state index in [1.165, 1.54) is 0 Å². The third-order valence-electron chi connectivity index (χ3n) is 3.88. The molecule has 112 valence electrons. The van der Waals surface area contributed by atoms with Crippen molar-refractivity contribution in [3.05, 3.63) is 79.0 Å². The Bertz CT molecular complexity index is 958. The van der Waals surface area contributed by atoms with Crippen molar-refractivity contribution >= 4 is 11.0 Å². The fourth-order valence-corrected chi connectivity index (χ4v) is 2.70. The molecule has 0 aliphatic heterocycles. The monoisotopic (exact) mass is 300 g/mol. The molecule has 0 amide bonds. The van der Waals surface area contributed by atoms with Gasteiger partial charge in [-0.15, -0.1) is 0 Å². The highest BCUT2D eigenvalue weighted by Crippen LogP contribution is 2.32. The van der Waals surface area contributed by atoms with Gasteiger partial charge in [0.2, 0.25) is 5.88 Å². The Labute approximate surface area is 134 Å². The number of para-hydroxylation sites is 1. The minimum Gasteiger partial charge on any atom is -0.438 e. The average molecular weight is 300 g/mol. The number of hydrogen-bond acceptors (Lipinski definition) is 2. The maximum absolute atomic E-state index is 6.07. The molecule has 0 saturated heterocycles. The third kappa shape index (κ3) is 2.57. The quantitative estimate of drug-likeness (QED) is 0.530. The number of hydrogen-bond donors (Lipinski definition) is 0. The first-order valence-corrected chi connectivity index (χ1v) is 7.56. The highest BCUT2D eigenvalue weighted by atomic mass is 16.5. The van der Waals surface area contributed by atoms with Crippen LogP contribution in [0.2, 0.25) is 0 Å². The van der Waals surface area contributed by atoms with E-state index in [2.05, 4.69) is 23.2 Å². The Morgan fingerprint density at radius 1 is 0.826 bits per heavy atom. The lowest BCUT2D eigenvalue weighted by Gasteiger charge is -2.11. The van der Waals surface area contributed by atoms with Gasteiger partial charge in [-0.05, 0) is 23.8 Å². The summed E-state index contributed by atoms with van der Waals surface area (Å²) in [5.74, 6) is 1.41. The van der Waals surface area contributed by atoms with Crippen molar-refractivity contribution < 1.29 is 4.74 Å². The summed E-state index contributed by atoms with van der Waals surface area (Å²) in [5.41, 5.74) is 3.10. The number of nitrogens with zero attached hydrogens (tertiary/aromatic N) is 2. The molecule has 0 aliphatic carbocycles. The summed E-state index contributed by atoms with van der Waals surface area (Å²) in [4.78, 5) is 4.61. The number of rotatable bonds is 3. The molecule has 0 fully saturated rings. The van der Waals surface area contributed by atoms with Crippen LogP contribution >= 0.6 is 0 Å². The van der Waals surface area contributed by atoms with Crippen LogP contribution in [-0.2, 0) is 7.05 Å². The Morgan fingerprint density at radius 3 is 2.48 bits per heavy atom. The van der Waals surface area contributed by atoms with E-state index in [9.17, 15) is 0 Å². The largest absolute Gasteiger partial charge is 0.438 e. The molecule has 4 aromatic rings. The Balaban J connectivity index is 1.75.